The molecule has 220 valence electrons. The maximum atomic E-state index is 13.5. The Morgan fingerprint density at radius 3 is 1.69 bits per heavy atom. The van der Waals surface area contributed by atoms with Crippen molar-refractivity contribution in [3.8, 4) is 11.5 Å². The van der Waals surface area contributed by atoms with Crippen LogP contribution in [0.25, 0.3) is 0 Å². The summed E-state index contributed by atoms with van der Waals surface area (Å²) >= 11 is 0. The number of nitrogens with one attached hydrogen (secondary N) is 1. The molecule has 3 aromatic rings. The first-order valence-corrected chi connectivity index (χ1v) is 13.0. The van der Waals surface area contributed by atoms with Crippen LogP contribution in [0.1, 0.15) is 36.5 Å². The molecule has 0 unspecified atom stereocenters. The van der Waals surface area contributed by atoms with Gasteiger partial charge in [-0.05, 0) is 54.8 Å². The maximum absolute atomic E-state index is 13.5. The third kappa shape index (κ3) is 7.52. The third-order valence-electron chi connectivity index (χ3n) is 6.74. The Morgan fingerprint density at radius 1 is 0.810 bits per heavy atom. The largest absolute Gasteiger partial charge is 0.508 e. The minimum Gasteiger partial charge on any atom is -0.508 e. The van der Waals surface area contributed by atoms with E-state index in [0.29, 0.717) is 29.8 Å². The van der Waals surface area contributed by atoms with Crippen LogP contribution in [0.15, 0.2) is 95.3 Å². The van der Waals surface area contributed by atoms with Crippen LogP contribution in [0, 0.1) is 10.1 Å². The topological polar surface area (TPSA) is 180 Å². The molecule has 0 saturated carbocycles. The quantitative estimate of drug-likeness (QED) is 0.183. The number of carbonyl (C=O) groups excluding carboxylic acids is 2. The van der Waals surface area contributed by atoms with E-state index in [0.717, 1.165) is 11.1 Å². The standard InChI is InChI=1S/C31H30N2O8.H2O/c1-19-27(30(36)40-16-14-21-6-10-25(34)11-7-21)29(23-4-3-5-24(18-23)33(38)39)28(20(2)32-19)31(37)41-17-15-22-8-12-26(35)13-9-22;/h3-13,18,29,32,34-35H,14-17H2,1-2H3;1H2. The number of allylic oxidation sites excluding steroid dienone is 2. The van der Waals surface area contributed by atoms with E-state index in [4.69, 9.17) is 9.47 Å². The summed E-state index contributed by atoms with van der Waals surface area (Å²) in [4.78, 5) is 37.9. The molecular weight excluding hydrogens is 544 g/mol. The van der Waals surface area contributed by atoms with Crippen LogP contribution in [-0.2, 0) is 31.9 Å². The molecule has 0 aliphatic carbocycles. The monoisotopic (exact) mass is 576 g/mol. The molecule has 1 aliphatic heterocycles. The first kappa shape index (κ1) is 31.4. The van der Waals surface area contributed by atoms with Crippen LogP contribution in [0.3, 0.4) is 0 Å². The first-order valence-electron chi connectivity index (χ1n) is 13.0. The second kappa shape index (κ2) is 14.0. The average molecular weight is 577 g/mol. The number of hydrogen-bond acceptors (Lipinski definition) is 9. The molecule has 0 spiro atoms. The summed E-state index contributed by atoms with van der Waals surface area (Å²) in [6.07, 6.45) is 0.794. The molecule has 11 heteroatoms. The zero-order chi connectivity index (χ0) is 29.5. The Labute approximate surface area is 242 Å². The smallest absolute Gasteiger partial charge is 0.336 e. The predicted molar refractivity (Wildman–Crippen MR) is 154 cm³/mol. The van der Waals surface area contributed by atoms with Crippen molar-refractivity contribution in [3.05, 3.63) is 122 Å². The van der Waals surface area contributed by atoms with Crippen LogP contribution in [-0.4, -0.2) is 45.8 Å². The van der Waals surface area contributed by atoms with E-state index in [2.05, 4.69) is 5.32 Å². The van der Waals surface area contributed by atoms with E-state index in [1.165, 1.54) is 18.2 Å². The summed E-state index contributed by atoms with van der Waals surface area (Å²) in [6.45, 7) is 3.43. The van der Waals surface area contributed by atoms with Crippen molar-refractivity contribution < 1.29 is 39.7 Å². The molecule has 0 fully saturated rings. The van der Waals surface area contributed by atoms with Gasteiger partial charge in [0.1, 0.15) is 11.5 Å². The Balaban J connectivity index is 0.00000484. The summed E-state index contributed by atoms with van der Waals surface area (Å²) in [5, 5.41) is 33.6. The summed E-state index contributed by atoms with van der Waals surface area (Å²) in [7, 11) is 0. The zero-order valence-corrected chi connectivity index (χ0v) is 23.1. The number of phenolic OH excluding ortho intramolecular Hbond substituents is 2. The molecule has 3 aromatic carbocycles. The molecule has 0 bridgehead atoms. The SMILES string of the molecule is CC1=C(C(=O)OCCc2ccc(O)cc2)C(c2cccc([N+](=O)[O-])c2)C(C(=O)OCCc2ccc(O)cc2)=C(C)N1.O. The molecule has 4 rings (SSSR count). The van der Waals surface area contributed by atoms with Gasteiger partial charge in [0.15, 0.2) is 0 Å². The molecule has 11 nitrogen and oxygen atoms in total. The number of esters is 2. The van der Waals surface area contributed by atoms with Gasteiger partial charge in [0.25, 0.3) is 5.69 Å². The van der Waals surface area contributed by atoms with Crippen molar-refractivity contribution in [3.63, 3.8) is 0 Å². The van der Waals surface area contributed by atoms with Gasteiger partial charge in [-0.1, -0.05) is 36.4 Å². The normalized spacial score (nSPS) is 13.2. The molecular formula is C31H32N2O9. The number of benzene rings is 3. The second-order valence-corrected chi connectivity index (χ2v) is 9.59. The van der Waals surface area contributed by atoms with E-state index in [-0.39, 0.29) is 47.0 Å². The summed E-state index contributed by atoms with van der Waals surface area (Å²) < 4.78 is 11.2. The molecule has 1 aliphatic rings. The van der Waals surface area contributed by atoms with Gasteiger partial charge >= 0.3 is 11.9 Å². The number of nitro groups is 1. The van der Waals surface area contributed by atoms with Gasteiger partial charge in [0, 0.05) is 36.4 Å². The van der Waals surface area contributed by atoms with Crippen molar-refractivity contribution in [1.29, 1.82) is 0 Å². The molecule has 0 radical (unpaired) electrons. The number of rotatable bonds is 10. The van der Waals surface area contributed by atoms with Crippen LogP contribution in [0.2, 0.25) is 0 Å². The zero-order valence-electron chi connectivity index (χ0n) is 23.1. The summed E-state index contributed by atoms with van der Waals surface area (Å²) in [6, 6.07) is 18.9. The van der Waals surface area contributed by atoms with Crippen molar-refractivity contribution in [2.45, 2.75) is 32.6 Å². The molecule has 1 heterocycles. The third-order valence-corrected chi connectivity index (χ3v) is 6.74. The fourth-order valence-corrected chi connectivity index (χ4v) is 4.69. The van der Waals surface area contributed by atoms with Crippen LogP contribution in [0.4, 0.5) is 5.69 Å². The highest BCUT2D eigenvalue weighted by Crippen LogP contribution is 2.40. The van der Waals surface area contributed by atoms with Gasteiger partial charge < -0.3 is 30.5 Å². The summed E-state index contributed by atoms with van der Waals surface area (Å²) in [5.74, 6) is -2.06. The van der Waals surface area contributed by atoms with Crippen LogP contribution in [0.5, 0.6) is 11.5 Å². The molecule has 0 amide bonds. The Hall–Kier alpha value is -5.16. The first-order chi connectivity index (χ1) is 19.6. The minimum atomic E-state index is -0.974. The van der Waals surface area contributed by atoms with E-state index in [1.807, 2.05) is 0 Å². The number of ether oxygens (including phenoxy) is 2. The lowest BCUT2D eigenvalue weighted by Crippen LogP contribution is -2.33. The average Bonchev–Trinajstić information content (AvgIpc) is 2.94. The van der Waals surface area contributed by atoms with E-state index in [1.54, 1.807) is 68.4 Å². The van der Waals surface area contributed by atoms with E-state index in [9.17, 15) is 29.9 Å². The Bertz CT molecular complexity index is 1420. The molecule has 42 heavy (non-hydrogen) atoms. The highest BCUT2D eigenvalue weighted by atomic mass is 16.6. The van der Waals surface area contributed by atoms with Gasteiger partial charge in [-0.25, -0.2) is 9.59 Å². The van der Waals surface area contributed by atoms with Gasteiger partial charge in [0.2, 0.25) is 0 Å². The van der Waals surface area contributed by atoms with Crippen molar-refractivity contribution >= 4 is 17.6 Å². The van der Waals surface area contributed by atoms with Crippen LogP contribution < -0.4 is 5.32 Å². The lowest BCUT2D eigenvalue weighted by Gasteiger charge is -2.30. The molecule has 5 N–H and O–H groups in total. The Kier molecular flexibility index (Phi) is 10.4. The van der Waals surface area contributed by atoms with Gasteiger partial charge in [-0.3, -0.25) is 10.1 Å². The number of phenols is 2. The molecule has 0 aromatic heterocycles. The van der Waals surface area contributed by atoms with Gasteiger partial charge in [0.05, 0.1) is 35.2 Å². The number of hydrogen-bond donors (Lipinski definition) is 3. The highest BCUT2D eigenvalue weighted by molar-refractivity contribution is 6.00. The number of dihydropyridines is 1. The van der Waals surface area contributed by atoms with Gasteiger partial charge in [-0.2, -0.15) is 0 Å². The molecule has 0 saturated heterocycles. The summed E-state index contributed by atoms with van der Waals surface area (Å²) in [5.41, 5.74) is 3.09. The number of aromatic hydroxyl groups is 2. The lowest BCUT2D eigenvalue weighted by atomic mass is 9.80. The van der Waals surface area contributed by atoms with Gasteiger partial charge in [-0.15, -0.1) is 0 Å². The van der Waals surface area contributed by atoms with E-state index >= 15 is 0 Å². The predicted octanol–water partition coefficient (Wildman–Crippen LogP) is 3.99. The molecule has 0 atom stereocenters. The highest BCUT2D eigenvalue weighted by Gasteiger charge is 2.38. The maximum Gasteiger partial charge on any atom is 0.336 e. The van der Waals surface area contributed by atoms with Crippen molar-refractivity contribution in [1.82, 2.24) is 5.32 Å². The van der Waals surface area contributed by atoms with E-state index < -0.39 is 22.8 Å². The van der Waals surface area contributed by atoms with Crippen molar-refractivity contribution in [2.75, 3.05) is 13.2 Å². The van der Waals surface area contributed by atoms with Crippen LogP contribution >= 0.6 is 0 Å². The Morgan fingerprint density at radius 2 is 1.26 bits per heavy atom. The fourth-order valence-electron chi connectivity index (χ4n) is 4.69. The number of nitrogens with zero attached hydrogens (tertiary/aromatic N) is 1. The number of nitro benzene ring substituents is 1. The second-order valence-electron chi connectivity index (χ2n) is 9.59. The van der Waals surface area contributed by atoms with Crippen molar-refractivity contribution in [2.24, 2.45) is 0 Å². The lowest BCUT2D eigenvalue weighted by molar-refractivity contribution is -0.384. The number of non-ortho nitro benzene ring substituents is 1. The fraction of sp³-hybridized carbons (Fsp3) is 0.226. The number of carbonyl (C=O) groups is 2. The minimum absolute atomic E-state index is 0.